The summed E-state index contributed by atoms with van der Waals surface area (Å²) in [5.74, 6) is 5.28. The summed E-state index contributed by atoms with van der Waals surface area (Å²) in [6, 6.07) is 10.7. The zero-order valence-corrected chi connectivity index (χ0v) is 12.6. The number of amides is 1. The molecule has 22 heavy (non-hydrogen) atoms. The average Bonchev–Trinajstić information content (AvgIpc) is 2.55. The molecule has 0 spiro atoms. The average molecular weight is 301 g/mol. The Hall–Kier alpha value is -2.60. The summed E-state index contributed by atoms with van der Waals surface area (Å²) in [4.78, 5) is 24.0. The molecule has 1 amide bonds. The van der Waals surface area contributed by atoms with Crippen LogP contribution in [0.1, 0.15) is 24.2 Å². The maximum atomic E-state index is 12.4. The number of pyridine rings is 1. The molecule has 6 nitrogen and oxygen atoms in total. The van der Waals surface area contributed by atoms with E-state index in [0.717, 1.165) is 17.0 Å². The maximum absolute atomic E-state index is 12.4. The van der Waals surface area contributed by atoms with Gasteiger partial charge in [0.05, 0.1) is 12.3 Å². The predicted molar refractivity (Wildman–Crippen MR) is 84.6 cm³/mol. The molecule has 2 aromatic rings. The molecule has 1 heterocycles. The van der Waals surface area contributed by atoms with Crippen LogP contribution in [0.4, 0.5) is 0 Å². The molecule has 0 radical (unpaired) electrons. The van der Waals surface area contributed by atoms with E-state index in [9.17, 15) is 9.59 Å². The Morgan fingerprint density at radius 2 is 1.86 bits per heavy atom. The molecule has 2 rings (SSSR count). The van der Waals surface area contributed by atoms with Crippen LogP contribution in [0, 0.1) is 0 Å². The third-order valence-corrected chi connectivity index (χ3v) is 3.33. The number of carbonyl (C=O) groups is 1. The molecule has 0 atom stereocenters. The number of ether oxygens (including phenoxy) is 1. The SMILES string of the molecule is CCOc1ccc(-c2ccc(C(=O)NN)c(=O)n2CC)cc1. The van der Waals surface area contributed by atoms with Crippen molar-refractivity contribution in [2.45, 2.75) is 20.4 Å². The molecular formula is C16H19N3O3. The lowest BCUT2D eigenvalue weighted by Gasteiger charge is -2.13. The first-order chi connectivity index (χ1) is 10.6. The van der Waals surface area contributed by atoms with Gasteiger partial charge >= 0.3 is 0 Å². The molecule has 1 aromatic carbocycles. The van der Waals surface area contributed by atoms with Gasteiger partial charge in [0, 0.05) is 6.54 Å². The number of nitrogen functional groups attached to an aromatic ring is 1. The molecule has 0 aliphatic carbocycles. The number of hydrogen-bond donors (Lipinski definition) is 2. The summed E-state index contributed by atoms with van der Waals surface area (Å²) in [7, 11) is 0. The first-order valence-corrected chi connectivity index (χ1v) is 7.10. The molecule has 1 aromatic heterocycles. The Labute approximate surface area is 128 Å². The van der Waals surface area contributed by atoms with Crippen LogP contribution < -0.4 is 21.6 Å². The number of nitrogens with one attached hydrogen (secondary N) is 1. The van der Waals surface area contributed by atoms with Gasteiger partial charge < -0.3 is 9.30 Å². The number of hydrogen-bond acceptors (Lipinski definition) is 4. The van der Waals surface area contributed by atoms with Gasteiger partial charge in [-0.2, -0.15) is 0 Å². The van der Waals surface area contributed by atoms with E-state index in [1.807, 2.05) is 43.5 Å². The summed E-state index contributed by atoms with van der Waals surface area (Å²) in [6.07, 6.45) is 0. The van der Waals surface area contributed by atoms with E-state index in [0.29, 0.717) is 13.2 Å². The number of nitrogens with two attached hydrogens (primary N) is 1. The zero-order chi connectivity index (χ0) is 16.1. The molecule has 0 aliphatic rings. The van der Waals surface area contributed by atoms with E-state index in [2.05, 4.69) is 0 Å². The Morgan fingerprint density at radius 1 is 1.18 bits per heavy atom. The Balaban J connectivity index is 2.49. The largest absolute Gasteiger partial charge is 0.494 e. The van der Waals surface area contributed by atoms with Gasteiger partial charge in [0.2, 0.25) is 0 Å². The highest BCUT2D eigenvalue weighted by atomic mass is 16.5. The second kappa shape index (κ2) is 6.91. The van der Waals surface area contributed by atoms with Crippen LogP contribution in [0.2, 0.25) is 0 Å². The minimum absolute atomic E-state index is 0.0269. The van der Waals surface area contributed by atoms with Crippen molar-refractivity contribution in [3.63, 3.8) is 0 Å². The van der Waals surface area contributed by atoms with Gasteiger partial charge in [0.1, 0.15) is 11.3 Å². The molecule has 3 N–H and O–H groups in total. The van der Waals surface area contributed by atoms with Crippen molar-refractivity contribution in [1.29, 1.82) is 0 Å². The zero-order valence-electron chi connectivity index (χ0n) is 12.6. The van der Waals surface area contributed by atoms with Crippen molar-refractivity contribution in [2.24, 2.45) is 5.84 Å². The van der Waals surface area contributed by atoms with Crippen LogP contribution in [0.5, 0.6) is 5.75 Å². The van der Waals surface area contributed by atoms with E-state index in [1.54, 1.807) is 10.6 Å². The number of rotatable bonds is 5. The molecule has 116 valence electrons. The number of carbonyl (C=O) groups excluding carboxylic acids is 1. The normalized spacial score (nSPS) is 10.3. The van der Waals surface area contributed by atoms with Crippen LogP contribution in [0.15, 0.2) is 41.2 Å². The van der Waals surface area contributed by atoms with E-state index in [4.69, 9.17) is 10.6 Å². The Morgan fingerprint density at radius 3 is 2.41 bits per heavy atom. The molecule has 0 saturated carbocycles. The topological polar surface area (TPSA) is 86.3 Å². The third kappa shape index (κ3) is 3.01. The van der Waals surface area contributed by atoms with Crippen LogP contribution in [0.25, 0.3) is 11.3 Å². The van der Waals surface area contributed by atoms with Gasteiger partial charge in [-0.05, 0) is 55.8 Å². The molecule has 0 fully saturated rings. The highest BCUT2D eigenvalue weighted by Gasteiger charge is 2.14. The third-order valence-electron chi connectivity index (χ3n) is 3.33. The van der Waals surface area contributed by atoms with Crippen LogP contribution in [0.3, 0.4) is 0 Å². The number of hydrazine groups is 1. The molecule has 0 aliphatic heterocycles. The fourth-order valence-electron chi connectivity index (χ4n) is 2.28. The maximum Gasteiger partial charge on any atom is 0.270 e. The monoisotopic (exact) mass is 301 g/mol. The second-order valence-electron chi connectivity index (χ2n) is 4.61. The second-order valence-corrected chi connectivity index (χ2v) is 4.61. The minimum Gasteiger partial charge on any atom is -0.494 e. The van der Waals surface area contributed by atoms with Crippen molar-refractivity contribution in [3.05, 3.63) is 52.3 Å². The predicted octanol–water partition coefficient (Wildman–Crippen LogP) is 1.54. The van der Waals surface area contributed by atoms with E-state index in [-0.39, 0.29) is 11.1 Å². The molecule has 0 saturated heterocycles. The highest BCUT2D eigenvalue weighted by molar-refractivity contribution is 5.93. The summed E-state index contributed by atoms with van der Waals surface area (Å²) in [5, 5.41) is 0. The first kappa shape index (κ1) is 15.8. The van der Waals surface area contributed by atoms with Crippen molar-refractivity contribution in [2.75, 3.05) is 6.61 Å². The quantitative estimate of drug-likeness (QED) is 0.498. The van der Waals surface area contributed by atoms with Crippen molar-refractivity contribution in [1.82, 2.24) is 9.99 Å². The Kier molecular flexibility index (Phi) is 4.95. The standard InChI is InChI=1S/C16H19N3O3/c1-3-19-14(10-9-13(16(19)21)15(20)18-17)11-5-7-12(8-6-11)22-4-2/h5-10H,3-4,17H2,1-2H3,(H,18,20). The summed E-state index contributed by atoms with van der Waals surface area (Å²) in [5.41, 5.74) is 3.27. The lowest BCUT2D eigenvalue weighted by atomic mass is 10.1. The Bertz CT molecular complexity index is 720. The summed E-state index contributed by atoms with van der Waals surface area (Å²) < 4.78 is 6.95. The molecule has 0 unspecified atom stereocenters. The van der Waals surface area contributed by atoms with Crippen molar-refractivity contribution in [3.8, 4) is 17.0 Å². The smallest absolute Gasteiger partial charge is 0.270 e. The van der Waals surface area contributed by atoms with Crippen LogP contribution in [-0.2, 0) is 6.54 Å². The number of nitrogens with zero attached hydrogens (tertiary/aromatic N) is 1. The van der Waals surface area contributed by atoms with Gasteiger partial charge in [-0.3, -0.25) is 15.0 Å². The number of aromatic nitrogens is 1. The lowest BCUT2D eigenvalue weighted by molar-refractivity contribution is 0.0951. The van der Waals surface area contributed by atoms with Crippen LogP contribution >= 0.6 is 0 Å². The number of benzene rings is 1. The molecule has 0 bridgehead atoms. The van der Waals surface area contributed by atoms with Crippen molar-refractivity contribution >= 4 is 5.91 Å². The lowest BCUT2D eigenvalue weighted by Crippen LogP contribution is -2.36. The van der Waals surface area contributed by atoms with Gasteiger partial charge in [-0.25, -0.2) is 5.84 Å². The fourth-order valence-corrected chi connectivity index (χ4v) is 2.28. The van der Waals surface area contributed by atoms with Gasteiger partial charge in [-0.15, -0.1) is 0 Å². The molecule has 6 heteroatoms. The minimum atomic E-state index is -0.592. The summed E-state index contributed by atoms with van der Waals surface area (Å²) >= 11 is 0. The molecular weight excluding hydrogens is 282 g/mol. The van der Waals surface area contributed by atoms with Gasteiger partial charge in [-0.1, -0.05) is 0 Å². The highest BCUT2D eigenvalue weighted by Crippen LogP contribution is 2.22. The first-order valence-electron chi connectivity index (χ1n) is 7.10. The summed E-state index contributed by atoms with van der Waals surface area (Å²) in [6.45, 7) is 4.82. The van der Waals surface area contributed by atoms with E-state index >= 15 is 0 Å². The van der Waals surface area contributed by atoms with E-state index in [1.165, 1.54) is 6.07 Å². The van der Waals surface area contributed by atoms with E-state index < -0.39 is 5.91 Å². The van der Waals surface area contributed by atoms with Gasteiger partial charge in [0.15, 0.2) is 0 Å². The van der Waals surface area contributed by atoms with Crippen molar-refractivity contribution < 1.29 is 9.53 Å². The van der Waals surface area contributed by atoms with Gasteiger partial charge in [0.25, 0.3) is 11.5 Å². The van der Waals surface area contributed by atoms with Crippen LogP contribution in [-0.4, -0.2) is 17.1 Å². The fraction of sp³-hybridized carbons (Fsp3) is 0.250.